The second-order valence-electron chi connectivity index (χ2n) is 15.8. The van der Waals surface area contributed by atoms with Crippen LogP contribution in [-0.4, -0.2) is 0 Å². The molecule has 266 valence electrons. The molecule has 11 aromatic carbocycles. The molecule has 0 radical (unpaired) electrons. The Morgan fingerprint density at radius 2 is 0.569 bits per heavy atom. The van der Waals surface area contributed by atoms with Gasteiger partial charge >= 0.3 is 0 Å². The van der Waals surface area contributed by atoms with Crippen molar-refractivity contribution in [3.05, 3.63) is 206 Å². The van der Waals surface area contributed by atoms with E-state index in [-0.39, 0.29) is 0 Å². The summed E-state index contributed by atoms with van der Waals surface area (Å²) in [5, 5.41) is 10.5. The molecule has 0 N–H and O–H groups in total. The van der Waals surface area contributed by atoms with Crippen LogP contribution in [0.5, 0.6) is 0 Å². The van der Waals surface area contributed by atoms with Gasteiger partial charge < -0.3 is 0 Å². The van der Waals surface area contributed by atoms with E-state index in [4.69, 9.17) is 0 Å². The van der Waals surface area contributed by atoms with E-state index in [1.54, 1.807) is 0 Å². The highest BCUT2D eigenvalue weighted by atomic mass is 14.3. The van der Waals surface area contributed by atoms with Crippen molar-refractivity contribution < 1.29 is 0 Å². The Hall–Kier alpha value is -7.54. The number of rotatable bonds is 4. The number of hydrogen-bond donors (Lipinski definition) is 0. The van der Waals surface area contributed by atoms with Gasteiger partial charge in [-0.25, -0.2) is 0 Å². The molecule has 13 rings (SSSR count). The third-order valence-corrected chi connectivity index (χ3v) is 12.9. The van der Waals surface area contributed by atoms with Crippen molar-refractivity contribution in [2.24, 2.45) is 0 Å². The van der Waals surface area contributed by atoms with Gasteiger partial charge in [0.1, 0.15) is 0 Å². The molecule has 58 heavy (non-hydrogen) atoms. The van der Waals surface area contributed by atoms with Gasteiger partial charge in [-0.15, -0.1) is 0 Å². The lowest BCUT2D eigenvalue weighted by molar-refractivity contribution is 1.62. The van der Waals surface area contributed by atoms with Crippen LogP contribution in [0.1, 0.15) is 0 Å². The lowest BCUT2D eigenvalue weighted by Crippen LogP contribution is -1.93. The van der Waals surface area contributed by atoms with Crippen LogP contribution in [0.2, 0.25) is 0 Å². The zero-order valence-corrected chi connectivity index (χ0v) is 31.6. The van der Waals surface area contributed by atoms with Gasteiger partial charge in [0.05, 0.1) is 0 Å². The Labute approximate surface area is 336 Å². The number of benzene rings is 11. The van der Waals surface area contributed by atoms with Crippen LogP contribution in [0.15, 0.2) is 206 Å². The smallest absolute Gasteiger partial charge is 0.000741 e. The fourth-order valence-corrected chi connectivity index (χ4v) is 10.7. The fourth-order valence-electron chi connectivity index (χ4n) is 10.7. The van der Waals surface area contributed by atoms with E-state index in [0.717, 1.165) is 0 Å². The summed E-state index contributed by atoms with van der Waals surface area (Å²) in [4.78, 5) is 0. The van der Waals surface area contributed by atoms with Crippen LogP contribution in [-0.2, 0) is 0 Å². The van der Waals surface area contributed by atoms with Crippen LogP contribution in [0.4, 0.5) is 0 Å². The molecular formula is C58H34. The number of fused-ring (bicyclic) bond motifs is 9. The van der Waals surface area contributed by atoms with Crippen molar-refractivity contribution in [1.29, 1.82) is 0 Å². The van der Waals surface area contributed by atoms with Crippen molar-refractivity contribution in [1.82, 2.24) is 0 Å². The Balaban J connectivity index is 1.03. The van der Waals surface area contributed by atoms with Gasteiger partial charge in [-0.1, -0.05) is 206 Å². The van der Waals surface area contributed by atoms with Crippen LogP contribution in [0.25, 0.3) is 132 Å². The second-order valence-corrected chi connectivity index (χ2v) is 15.8. The largest absolute Gasteiger partial charge is 0.0622 e. The lowest BCUT2D eigenvalue weighted by Gasteiger charge is -2.20. The van der Waals surface area contributed by atoms with E-state index in [2.05, 4.69) is 206 Å². The summed E-state index contributed by atoms with van der Waals surface area (Å²) < 4.78 is 0. The van der Waals surface area contributed by atoms with E-state index in [1.165, 1.54) is 132 Å². The molecule has 11 aromatic rings. The Kier molecular flexibility index (Phi) is 6.54. The van der Waals surface area contributed by atoms with E-state index >= 15 is 0 Å². The zero-order chi connectivity index (χ0) is 37.9. The molecular weight excluding hydrogens is 697 g/mol. The fraction of sp³-hybridized carbons (Fsp3) is 0. The van der Waals surface area contributed by atoms with Gasteiger partial charge in [-0.05, 0) is 132 Å². The van der Waals surface area contributed by atoms with Crippen molar-refractivity contribution in [2.45, 2.75) is 0 Å². The molecule has 0 nitrogen and oxygen atoms in total. The average molecular weight is 731 g/mol. The molecule has 2 aliphatic carbocycles. The summed E-state index contributed by atoms with van der Waals surface area (Å²) >= 11 is 0. The lowest BCUT2D eigenvalue weighted by atomic mass is 9.82. The molecule has 0 atom stereocenters. The summed E-state index contributed by atoms with van der Waals surface area (Å²) in [6.45, 7) is 0. The molecule has 0 amide bonds. The topological polar surface area (TPSA) is 0 Å². The summed E-state index contributed by atoms with van der Waals surface area (Å²) in [7, 11) is 0. The monoisotopic (exact) mass is 730 g/mol. The van der Waals surface area contributed by atoms with Crippen molar-refractivity contribution in [3.63, 3.8) is 0 Å². The summed E-state index contributed by atoms with van der Waals surface area (Å²) in [5.41, 5.74) is 20.8. The van der Waals surface area contributed by atoms with Crippen molar-refractivity contribution >= 4 is 43.1 Å². The van der Waals surface area contributed by atoms with E-state index < -0.39 is 0 Å². The Morgan fingerprint density at radius 3 is 1.21 bits per heavy atom. The van der Waals surface area contributed by atoms with Gasteiger partial charge in [0.2, 0.25) is 0 Å². The van der Waals surface area contributed by atoms with Gasteiger partial charge in [0.25, 0.3) is 0 Å². The molecule has 2 aliphatic rings. The van der Waals surface area contributed by atoms with Crippen LogP contribution in [0, 0.1) is 0 Å². The van der Waals surface area contributed by atoms with Crippen molar-refractivity contribution in [3.8, 4) is 89.0 Å². The van der Waals surface area contributed by atoms with E-state index in [9.17, 15) is 0 Å². The van der Waals surface area contributed by atoms with Gasteiger partial charge in [-0.2, -0.15) is 0 Å². The molecule has 0 heteroatoms. The first-order valence-corrected chi connectivity index (χ1v) is 20.3. The van der Waals surface area contributed by atoms with E-state index in [1.807, 2.05) is 0 Å². The molecule has 0 spiro atoms. The first kappa shape index (κ1) is 31.6. The standard InChI is InChI=1S/C58H34/c1-3-15-36(16-4-1)52-45-22-10-11-23-46(45)53(37-17-5-2-6-18-37)58-50-34-33-39(41-25-13-28-49(54(41)50)57(52)58)35-29-31-38(32-30-35)51-44-21-9-12-24-47(44)55-42-20-8-7-19-40(42)43-26-14-27-48(51)56(43)55/h1-34H. The summed E-state index contributed by atoms with van der Waals surface area (Å²) in [6, 6.07) is 76.7. The summed E-state index contributed by atoms with van der Waals surface area (Å²) in [6.07, 6.45) is 0. The SMILES string of the molecule is c1ccc(-c2c3c(c(-c4ccccc4)c4ccccc24)-c2ccc(-c4ccc(-c5c6ccccc6c6c7c(cccc57)-c5ccccc5-6)cc4)c4cccc-3c24)cc1. The minimum Gasteiger partial charge on any atom is -0.0622 e. The molecule has 0 aliphatic heterocycles. The number of hydrogen-bond acceptors (Lipinski definition) is 0. The van der Waals surface area contributed by atoms with Gasteiger partial charge in [0.15, 0.2) is 0 Å². The third kappa shape index (κ3) is 4.24. The molecule has 0 bridgehead atoms. The quantitative estimate of drug-likeness (QED) is 0.158. The first-order chi connectivity index (χ1) is 28.8. The molecule has 0 saturated carbocycles. The Morgan fingerprint density at radius 1 is 0.155 bits per heavy atom. The first-order valence-electron chi connectivity index (χ1n) is 20.3. The normalized spacial score (nSPS) is 12.1. The predicted molar refractivity (Wildman–Crippen MR) is 247 cm³/mol. The average Bonchev–Trinajstić information content (AvgIpc) is 3.81. The minimum absolute atomic E-state index is 1.22. The maximum absolute atomic E-state index is 2.39. The highest BCUT2D eigenvalue weighted by Crippen LogP contribution is 2.59. The minimum atomic E-state index is 1.22. The molecule has 0 saturated heterocycles. The third-order valence-electron chi connectivity index (χ3n) is 12.9. The van der Waals surface area contributed by atoms with E-state index in [0.29, 0.717) is 0 Å². The van der Waals surface area contributed by atoms with Gasteiger partial charge in [-0.3, -0.25) is 0 Å². The van der Waals surface area contributed by atoms with Gasteiger partial charge in [0, 0.05) is 0 Å². The zero-order valence-electron chi connectivity index (χ0n) is 31.6. The highest BCUT2D eigenvalue weighted by molar-refractivity contribution is 6.30. The maximum Gasteiger partial charge on any atom is -0.000741 e. The second kappa shape index (κ2) is 12.0. The molecule has 0 fully saturated rings. The van der Waals surface area contributed by atoms with Crippen molar-refractivity contribution in [2.75, 3.05) is 0 Å². The predicted octanol–water partition coefficient (Wildman–Crippen LogP) is 16.3. The highest BCUT2D eigenvalue weighted by Gasteiger charge is 2.31. The van der Waals surface area contributed by atoms with Crippen LogP contribution in [0.3, 0.4) is 0 Å². The molecule has 0 unspecified atom stereocenters. The van der Waals surface area contributed by atoms with Crippen LogP contribution >= 0.6 is 0 Å². The Bertz CT molecular complexity index is 3430. The molecule has 0 aromatic heterocycles. The van der Waals surface area contributed by atoms with Crippen LogP contribution < -0.4 is 0 Å². The summed E-state index contributed by atoms with van der Waals surface area (Å²) in [5.74, 6) is 0. The molecule has 0 heterocycles. The maximum atomic E-state index is 2.39.